The lowest BCUT2D eigenvalue weighted by Crippen LogP contribution is -2.44. The molecule has 0 radical (unpaired) electrons. The number of halogens is 2. The number of rotatable bonds is 3. The molecule has 5 rings (SSSR count). The van der Waals surface area contributed by atoms with Crippen LogP contribution in [0.2, 0.25) is 0 Å². The molecule has 9 heteroatoms. The van der Waals surface area contributed by atoms with Crippen LogP contribution in [0.4, 0.5) is 14.6 Å². The van der Waals surface area contributed by atoms with E-state index in [9.17, 15) is 23.5 Å². The first-order chi connectivity index (χ1) is 14.0. The topological polar surface area (TPSA) is 87.3 Å². The molecule has 0 saturated heterocycles. The van der Waals surface area contributed by atoms with E-state index in [4.69, 9.17) is 0 Å². The molecule has 1 saturated carbocycles. The molecule has 0 atom stereocenters. The van der Waals surface area contributed by atoms with E-state index in [2.05, 4.69) is 10.2 Å². The van der Waals surface area contributed by atoms with Crippen LogP contribution in [0.5, 0.6) is 0 Å². The van der Waals surface area contributed by atoms with Crippen molar-refractivity contribution in [2.75, 3.05) is 11.4 Å². The molecule has 0 unspecified atom stereocenters. The number of carboxylic acids is 1. The van der Waals surface area contributed by atoms with Gasteiger partial charge in [0.1, 0.15) is 17.2 Å². The van der Waals surface area contributed by atoms with Crippen molar-refractivity contribution >= 4 is 29.4 Å². The number of aromatic nitrogens is 1. The molecule has 1 fully saturated rings. The number of fused-ring (bicyclic) bond motifs is 3. The van der Waals surface area contributed by atoms with Gasteiger partial charge in [-0.1, -0.05) is 18.2 Å². The third-order valence-electron chi connectivity index (χ3n) is 5.17. The standard InChI is InChI=1S/C20H14F2N4O3/c21-14-4-2-1-3-11(14)16-9-26-18(24-23-16)15(22)7-12-17(27)13(20(28)29)8-25(19(12)26)10-5-6-10/h1-4,7-8,10H,5-6,9H2,(H,28,29). The van der Waals surface area contributed by atoms with Gasteiger partial charge in [-0.15, -0.1) is 5.10 Å². The van der Waals surface area contributed by atoms with Crippen LogP contribution >= 0.6 is 0 Å². The highest BCUT2D eigenvalue weighted by Gasteiger charge is 2.37. The van der Waals surface area contributed by atoms with Gasteiger partial charge in [-0.25, -0.2) is 13.6 Å². The van der Waals surface area contributed by atoms with Crippen molar-refractivity contribution in [1.82, 2.24) is 4.57 Å². The number of pyridine rings is 1. The Morgan fingerprint density at radius 3 is 2.62 bits per heavy atom. The summed E-state index contributed by atoms with van der Waals surface area (Å²) in [5.74, 6) is -2.39. The fourth-order valence-electron chi connectivity index (χ4n) is 3.64. The largest absolute Gasteiger partial charge is 0.477 e. The summed E-state index contributed by atoms with van der Waals surface area (Å²) in [6.07, 6.45) is 3.93. The van der Waals surface area contributed by atoms with Gasteiger partial charge in [0.2, 0.25) is 5.43 Å². The molecular weight excluding hydrogens is 382 g/mol. The van der Waals surface area contributed by atoms with Gasteiger partial charge in [-0.05, 0) is 25.0 Å². The lowest BCUT2D eigenvalue weighted by atomic mass is 10.0. The molecule has 0 bridgehead atoms. The van der Waals surface area contributed by atoms with Crippen LogP contribution in [0.25, 0.3) is 6.08 Å². The summed E-state index contributed by atoms with van der Waals surface area (Å²) in [5.41, 5.74) is -0.726. The molecule has 2 aliphatic heterocycles. The number of benzene rings is 1. The second-order valence-corrected chi connectivity index (χ2v) is 7.08. The first-order valence-corrected chi connectivity index (χ1v) is 9.02. The van der Waals surface area contributed by atoms with Crippen molar-refractivity contribution in [3.05, 3.63) is 69.0 Å². The van der Waals surface area contributed by atoms with E-state index in [-0.39, 0.29) is 35.3 Å². The number of hydrogen-bond donors (Lipinski definition) is 1. The van der Waals surface area contributed by atoms with E-state index in [1.165, 1.54) is 17.2 Å². The number of amidine groups is 1. The van der Waals surface area contributed by atoms with Crippen LogP contribution in [-0.4, -0.2) is 33.7 Å². The SMILES string of the molecule is O=C(O)c1cn(C2CC2)c2c(c1=O)C=C(F)C1=NN=C(c3ccccc3F)CN12. The number of aromatic carboxylic acids is 1. The number of carbonyl (C=O) groups is 1. The molecule has 1 aliphatic carbocycles. The molecule has 1 N–H and O–H groups in total. The van der Waals surface area contributed by atoms with E-state index < -0.39 is 28.6 Å². The first-order valence-electron chi connectivity index (χ1n) is 9.02. The average molecular weight is 396 g/mol. The van der Waals surface area contributed by atoms with E-state index in [0.717, 1.165) is 18.9 Å². The van der Waals surface area contributed by atoms with Gasteiger partial charge in [0, 0.05) is 17.8 Å². The Balaban J connectivity index is 1.71. The summed E-state index contributed by atoms with van der Waals surface area (Å²) >= 11 is 0. The van der Waals surface area contributed by atoms with Crippen LogP contribution in [0.1, 0.15) is 40.4 Å². The quantitative estimate of drug-likeness (QED) is 0.864. The third kappa shape index (κ3) is 2.69. The predicted octanol–water partition coefficient (Wildman–Crippen LogP) is 2.97. The Hall–Kier alpha value is -3.62. The minimum atomic E-state index is -1.37. The summed E-state index contributed by atoms with van der Waals surface area (Å²) in [5, 5.41) is 17.3. The zero-order valence-corrected chi connectivity index (χ0v) is 15.0. The highest BCUT2D eigenvalue weighted by molar-refractivity contribution is 6.20. The zero-order chi connectivity index (χ0) is 20.3. The van der Waals surface area contributed by atoms with E-state index >= 15 is 0 Å². The molecule has 7 nitrogen and oxygen atoms in total. The molecule has 0 spiro atoms. The summed E-state index contributed by atoms with van der Waals surface area (Å²) in [6.45, 7) is -0.00734. The molecular formula is C20H14F2N4O3. The fraction of sp³-hybridized carbons (Fsp3) is 0.200. The van der Waals surface area contributed by atoms with Crippen LogP contribution in [0.3, 0.4) is 0 Å². The fourth-order valence-corrected chi connectivity index (χ4v) is 3.64. The summed E-state index contributed by atoms with van der Waals surface area (Å²) < 4.78 is 30.6. The van der Waals surface area contributed by atoms with Crippen LogP contribution in [-0.2, 0) is 0 Å². The van der Waals surface area contributed by atoms with Crippen molar-refractivity contribution < 1.29 is 18.7 Å². The van der Waals surface area contributed by atoms with E-state index in [1.54, 1.807) is 22.8 Å². The van der Waals surface area contributed by atoms with Crippen molar-refractivity contribution in [2.24, 2.45) is 10.2 Å². The number of nitrogens with zero attached hydrogens (tertiary/aromatic N) is 4. The molecule has 29 heavy (non-hydrogen) atoms. The van der Waals surface area contributed by atoms with Gasteiger partial charge < -0.3 is 14.6 Å². The molecule has 1 aromatic heterocycles. The lowest BCUT2D eigenvalue weighted by molar-refractivity contribution is 0.0694. The minimum absolute atomic E-state index is 0.00734. The van der Waals surface area contributed by atoms with Gasteiger partial charge in [0.05, 0.1) is 17.8 Å². The van der Waals surface area contributed by atoms with E-state index in [1.807, 2.05) is 0 Å². The predicted molar refractivity (Wildman–Crippen MR) is 103 cm³/mol. The molecule has 3 aliphatic rings. The Morgan fingerprint density at radius 2 is 1.93 bits per heavy atom. The van der Waals surface area contributed by atoms with Crippen molar-refractivity contribution in [3.8, 4) is 0 Å². The second kappa shape index (κ2) is 6.20. The van der Waals surface area contributed by atoms with Gasteiger partial charge in [-0.2, -0.15) is 5.10 Å². The molecule has 146 valence electrons. The average Bonchev–Trinajstić information content (AvgIpc) is 3.54. The summed E-state index contributed by atoms with van der Waals surface area (Å²) in [6, 6.07) is 6.06. The summed E-state index contributed by atoms with van der Waals surface area (Å²) in [7, 11) is 0. The Labute approximate surface area is 162 Å². The molecule has 2 aromatic rings. The number of hydrogen-bond acceptors (Lipinski definition) is 5. The maximum atomic E-state index is 14.7. The van der Waals surface area contributed by atoms with Crippen molar-refractivity contribution in [1.29, 1.82) is 0 Å². The van der Waals surface area contributed by atoms with Crippen LogP contribution < -0.4 is 10.3 Å². The van der Waals surface area contributed by atoms with E-state index in [0.29, 0.717) is 5.82 Å². The smallest absolute Gasteiger partial charge is 0.341 e. The summed E-state index contributed by atoms with van der Waals surface area (Å²) in [4.78, 5) is 25.7. The Bertz CT molecular complexity index is 1220. The molecule has 0 amide bonds. The third-order valence-corrected chi connectivity index (χ3v) is 5.17. The lowest BCUT2D eigenvalue weighted by Gasteiger charge is -2.34. The minimum Gasteiger partial charge on any atom is -0.477 e. The van der Waals surface area contributed by atoms with Gasteiger partial charge >= 0.3 is 5.97 Å². The Kier molecular flexibility index (Phi) is 3.73. The highest BCUT2D eigenvalue weighted by Crippen LogP contribution is 2.41. The maximum absolute atomic E-state index is 14.7. The number of anilines is 1. The van der Waals surface area contributed by atoms with Gasteiger partial charge in [0.15, 0.2) is 11.7 Å². The molecule has 1 aromatic carbocycles. The highest BCUT2D eigenvalue weighted by atomic mass is 19.1. The Morgan fingerprint density at radius 1 is 1.17 bits per heavy atom. The zero-order valence-electron chi connectivity index (χ0n) is 15.0. The first kappa shape index (κ1) is 17.5. The van der Waals surface area contributed by atoms with Crippen molar-refractivity contribution in [2.45, 2.75) is 18.9 Å². The van der Waals surface area contributed by atoms with Gasteiger partial charge in [-0.3, -0.25) is 4.79 Å². The van der Waals surface area contributed by atoms with Gasteiger partial charge in [0.25, 0.3) is 0 Å². The van der Waals surface area contributed by atoms with Crippen molar-refractivity contribution in [3.63, 3.8) is 0 Å². The number of carboxylic acid groups (broad SMARTS) is 1. The molecule has 3 heterocycles. The normalized spacial score (nSPS) is 17.7. The maximum Gasteiger partial charge on any atom is 0.341 e. The monoisotopic (exact) mass is 396 g/mol. The second-order valence-electron chi connectivity index (χ2n) is 7.08. The van der Waals surface area contributed by atoms with Crippen LogP contribution in [0, 0.1) is 5.82 Å². The van der Waals surface area contributed by atoms with Crippen LogP contribution in [0.15, 0.2) is 51.3 Å².